The van der Waals surface area contributed by atoms with Crippen molar-refractivity contribution in [1.29, 1.82) is 0 Å². The van der Waals surface area contributed by atoms with Crippen LogP contribution >= 0.6 is 0 Å². The van der Waals surface area contributed by atoms with E-state index in [1.165, 1.54) is 0 Å². The Bertz CT molecular complexity index is 185. The highest BCUT2D eigenvalue weighted by Crippen LogP contribution is 2.39. The first kappa shape index (κ1) is 11.9. The standard InChI is InChI=1S/C10H20O4/c1-4-12-9(3)6-7-10(8-11,14-9)13-5-2/h11H,4-8H2,1-3H3. The van der Waals surface area contributed by atoms with Crippen molar-refractivity contribution in [3.8, 4) is 0 Å². The fraction of sp³-hybridized carbons (Fsp3) is 1.00. The first-order valence-corrected chi connectivity index (χ1v) is 5.18. The van der Waals surface area contributed by atoms with E-state index in [0.29, 0.717) is 19.6 Å². The van der Waals surface area contributed by atoms with Crippen molar-refractivity contribution >= 4 is 0 Å². The van der Waals surface area contributed by atoms with Crippen molar-refractivity contribution in [2.75, 3.05) is 19.8 Å². The Balaban J connectivity index is 2.59. The summed E-state index contributed by atoms with van der Waals surface area (Å²) in [5.74, 6) is -1.45. The number of aliphatic hydroxyl groups excluding tert-OH is 1. The molecule has 1 aliphatic rings. The van der Waals surface area contributed by atoms with E-state index in [9.17, 15) is 5.11 Å². The molecular formula is C10H20O4. The van der Waals surface area contributed by atoms with E-state index >= 15 is 0 Å². The van der Waals surface area contributed by atoms with Crippen LogP contribution in [0.4, 0.5) is 0 Å². The minimum atomic E-state index is -0.849. The molecule has 84 valence electrons. The molecule has 0 aromatic carbocycles. The van der Waals surface area contributed by atoms with E-state index in [0.717, 1.165) is 6.42 Å². The van der Waals surface area contributed by atoms with Gasteiger partial charge in [-0.3, -0.25) is 0 Å². The topological polar surface area (TPSA) is 47.9 Å². The Hall–Kier alpha value is -0.160. The number of ether oxygens (including phenoxy) is 3. The molecule has 1 saturated heterocycles. The molecule has 2 unspecified atom stereocenters. The van der Waals surface area contributed by atoms with Gasteiger partial charge in [-0.2, -0.15) is 0 Å². The smallest absolute Gasteiger partial charge is 0.194 e. The lowest BCUT2D eigenvalue weighted by atomic mass is 10.1. The van der Waals surface area contributed by atoms with Crippen LogP contribution in [0, 0.1) is 0 Å². The fourth-order valence-corrected chi connectivity index (χ4v) is 1.84. The van der Waals surface area contributed by atoms with Crippen molar-refractivity contribution in [3.63, 3.8) is 0 Å². The second-order valence-corrected chi connectivity index (χ2v) is 3.67. The highest BCUT2D eigenvalue weighted by Gasteiger charge is 2.47. The molecule has 14 heavy (non-hydrogen) atoms. The van der Waals surface area contributed by atoms with E-state index < -0.39 is 11.6 Å². The summed E-state index contributed by atoms with van der Waals surface area (Å²) < 4.78 is 16.6. The Morgan fingerprint density at radius 3 is 2.36 bits per heavy atom. The van der Waals surface area contributed by atoms with Crippen LogP contribution < -0.4 is 0 Å². The van der Waals surface area contributed by atoms with Crippen molar-refractivity contribution in [2.24, 2.45) is 0 Å². The molecule has 0 radical (unpaired) electrons. The van der Waals surface area contributed by atoms with Crippen LogP contribution in [0.5, 0.6) is 0 Å². The van der Waals surface area contributed by atoms with Crippen molar-refractivity contribution < 1.29 is 19.3 Å². The highest BCUT2D eigenvalue weighted by molar-refractivity contribution is 4.84. The summed E-state index contributed by atoms with van der Waals surface area (Å²) in [7, 11) is 0. The van der Waals surface area contributed by atoms with Gasteiger partial charge in [0.2, 0.25) is 0 Å². The summed E-state index contributed by atoms with van der Waals surface area (Å²) in [6.07, 6.45) is 1.43. The molecule has 0 saturated carbocycles. The maximum atomic E-state index is 9.24. The zero-order valence-corrected chi connectivity index (χ0v) is 9.21. The zero-order chi connectivity index (χ0) is 10.7. The Morgan fingerprint density at radius 1 is 1.21 bits per heavy atom. The quantitative estimate of drug-likeness (QED) is 0.732. The molecule has 4 nitrogen and oxygen atoms in total. The number of rotatable bonds is 5. The molecule has 1 heterocycles. The molecule has 1 rings (SSSR count). The SMILES string of the molecule is CCOC1(C)CCC(CO)(OCC)O1. The first-order valence-electron chi connectivity index (χ1n) is 5.18. The molecule has 0 aliphatic carbocycles. The third kappa shape index (κ3) is 2.45. The van der Waals surface area contributed by atoms with Crippen LogP contribution in [0.3, 0.4) is 0 Å². The third-order valence-corrected chi connectivity index (χ3v) is 2.46. The molecule has 0 aromatic rings. The monoisotopic (exact) mass is 204 g/mol. The molecular weight excluding hydrogens is 184 g/mol. The van der Waals surface area contributed by atoms with Gasteiger partial charge in [0, 0.05) is 26.1 Å². The van der Waals surface area contributed by atoms with Gasteiger partial charge in [-0.25, -0.2) is 0 Å². The summed E-state index contributed by atoms with van der Waals surface area (Å²) in [6.45, 7) is 6.70. The molecule has 0 bridgehead atoms. The maximum absolute atomic E-state index is 9.24. The van der Waals surface area contributed by atoms with Crippen LogP contribution in [0.25, 0.3) is 0 Å². The average Bonchev–Trinajstić information content (AvgIpc) is 2.46. The molecule has 0 aromatic heterocycles. The Labute approximate surface area is 85.2 Å². The third-order valence-electron chi connectivity index (χ3n) is 2.46. The molecule has 1 N–H and O–H groups in total. The molecule has 0 spiro atoms. The van der Waals surface area contributed by atoms with Crippen LogP contribution in [0.1, 0.15) is 33.6 Å². The van der Waals surface area contributed by atoms with E-state index in [2.05, 4.69) is 0 Å². The Kier molecular flexibility index (Phi) is 3.89. The lowest BCUT2D eigenvalue weighted by Gasteiger charge is -2.31. The van der Waals surface area contributed by atoms with E-state index in [1.807, 2.05) is 20.8 Å². The van der Waals surface area contributed by atoms with Gasteiger partial charge in [0.15, 0.2) is 11.6 Å². The van der Waals surface area contributed by atoms with Crippen LogP contribution in [-0.2, 0) is 14.2 Å². The van der Waals surface area contributed by atoms with Crippen LogP contribution in [0.2, 0.25) is 0 Å². The van der Waals surface area contributed by atoms with E-state index in [-0.39, 0.29) is 6.61 Å². The lowest BCUT2D eigenvalue weighted by Crippen LogP contribution is -2.40. The predicted octanol–water partition coefficient (Wildman–Crippen LogP) is 1.27. The summed E-state index contributed by atoms with van der Waals surface area (Å²) in [6, 6.07) is 0. The normalized spacial score (nSPS) is 37.7. The lowest BCUT2D eigenvalue weighted by molar-refractivity contribution is -0.320. The summed E-state index contributed by atoms with van der Waals surface area (Å²) >= 11 is 0. The van der Waals surface area contributed by atoms with Crippen molar-refractivity contribution in [1.82, 2.24) is 0 Å². The number of hydrogen-bond acceptors (Lipinski definition) is 4. The van der Waals surface area contributed by atoms with Crippen molar-refractivity contribution in [3.05, 3.63) is 0 Å². The maximum Gasteiger partial charge on any atom is 0.194 e. The largest absolute Gasteiger partial charge is 0.391 e. The second-order valence-electron chi connectivity index (χ2n) is 3.67. The molecule has 1 aliphatic heterocycles. The molecule has 2 atom stereocenters. The minimum Gasteiger partial charge on any atom is -0.391 e. The minimum absolute atomic E-state index is 0.122. The van der Waals surface area contributed by atoms with Crippen LogP contribution in [0.15, 0.2) is 0 Å². The van der Waals surface area contributed by atoms with Gasteiger partial charge in [0.25, 0.3) is 0 Å². The number of aliphatic hydroxyl groups is 1. The summed E-state index contributed by atoms with van der Waals surface area (Å²) in [4.78, 5) is 0. The van der Waals surface area contributed by atoms with Gasteiger partial charge in [0.1, 0.15) is 0 Å². The predicted molar refractivity (Wildman–Crippen MR) is 51.8 cm³/mol. The average molecular weight is 204 g/mol. The molecule has 1 fully saturated rings. The van der Waals surface area contributed by atoms with Gasteiger partial charge in [0.05, 0.1) is 6.61 Å². The molecule has 0 amide bonds. The van der Waals surface area contributed by atoms with Gasteiger partial charge >= 0.3 is 0 Å². The van der Waals surface area contributed by atoms with Gasteiger partial charge in [-0.1, -0.05) is 0 Å². The van der Waals surface area contributed by atoms with Gasteiger partial charge in [-0.05, 0) is 20.8 Å². The first-order chi connectivity index (χ1) is 6.60. The van der Waals surface area contributed by atoms with E-state index in [1.54, 1.807) is 0 Å². The zero-order valence-electron chi connectivity index (χ0n) is 9.21. The van der Waals surface area contributed by atoms with E-state index in [4.69, 9.17) is 14.2 Å². The number of hydrogen-bond donors (Lipinski definition) is 1. The molecule has 4 heteroatoms. The Morgan fingerprint density at radius 2 is 1.86 bits per heavy atom. The van der Waals surface area contributed by atoms with Crippen molar-refractivity contribution in [2.45, 2.75) is 45.2 Å². The van der Waals surface area contributed by atoms with Gasteiger partial charge in [-0.15, -0.1) is 0 Å². The fourth-order valence-electron chi connectivity index (χ4n) is 1.84. The van der Waals surface area contributed by atoms with Crippen LogP contribution in [-0.4, -0.2) is 36.5 Å². The second kappa shape index (κ2) is 4.57. The van der Waals surface area contributed by atoms with Gasteiger partial charge < -0.3 is 19.3 Å². The summed E-state index contributed by atoms with van der Waals surface area (Å²) in [5.41, 5.74) is 0. The summed E-state index contributed by atoms with van der Waals surface area (Å²) in [5, 5.41) is 9.24. The highest BCUT2D eigenvalue weighted by atomic mass is 16.8.